The number of aliphatic hydroxyl groups is 1. The first kappa shape index (κ1) is 57.2. The standard InChI is InChI=1S/C52H78N8O9S/c1-11-17-40(57-48(64)43-20-15-16-25-60(43,10)29-37-21-23-38(24-22-37)55-46(62)34(7)54-49(65)45(53)32(4)5)51(66)59(9)42(31(2)3)28-44(69-35(8)61)50-58-41(30-70-50)47(63)56-39(26-33(6)52(67)68)27-36-18-13-12-14-19-36/h12-14,18-19,21-24,30-34,39-40,42-46,55,62H,11,15-17,20,25-29,53H2,1-10H3,(H3-,54,56,57,63,64,65,67,68)/p+1/t33-,34-,39+,40-,42+,43+,44+,45?,46?,60?/m0/s1. The van der Waals surface area contributed by atoms with E-state index in [4.69, 9.17) is 10.5 Å². The molecule has 3 unspecified atom stereocenters. The van der Waals surface area contributed by atoms with Crippen molar-refractivity contribution < 1.29 is 48.2 Å². The van der Waals surface area contributed by atoms with Crippen LogP contribution >= 0.6 is 11.3 Å². The van der Waals surface area contributed by atoms with Crippen molar-refractivity contribution in [2.75, 3.05) is 26.0 Å². The second kappa shape index (κ2) is 26.7. The topological polar surface area (TPSA) is 242 Å². The minimum absolute atomic E-state index is 0.0443. The molecule has 18 heteroatoms. The molecule has 2 aromatic carbocycles. The van der Waals surface area contributed by atoms with Gasteiger partial charge < -0.3 is 51.3 Å². The van der Waals surface area contributed by atoms with Crippen LogP contribution in [0, 0.1) is 17.8 Å². The van der Waals surface area contributed by atoms with Crippen molar-refractivity contribution in [2.24, 2.45) is 23.5 Å². The zero-order chi connectivity index (χ0) is 51.9. The predicted molar refractivity (Wildman–Crippen MR) is 271 cm³/mol. The number of piperidine rings is 1. The lowest BCUT2D eigenvalue weighted by atomic mass is 9.94. The van der Waals surface area contributed by atoms with Crippen LogP contribution in [0.3, 0.4) is 0 Å². The van der Waals surface area contributed by atoms with Crippen molar-refractivity contribution in [3.8, 4) is 0 Å². The number of aromatic nitrogens is 1. The minimum Gasteiger partial charge on any atom is -0.481 e. The number of carbonyl (C=O) groups excluding carboxylic acids is 5. The van der Waals surface area contributed by atoms with Crippen LogP contribution in [0.5, 0.6) is 0 Å². The van der Waals surface area contributed by atoms with Gasteiger partial charge in [-0.15, -0.1) is 11.3 Å². The number of nitrogens with one attached hydrogen (secondary N) is 4. The number of amides is 4. The van der Waals surface area contributed by atoms with Crippen molar-refractivity contribution in [1.82, 2.24) is 25.8 Å². The predicted octanol–water partition coefficient (Wildman–Crippen LogP) is 5.77. The number of aliphatic hydroxyl groups excluding tert-OH is 1. The molecule has 1 aromatic heterocycles. The molecule has 0 bridgehead atoms. The molecule has 386 valence electrons. The SMILES string of the molecule is CCC[C@H](NC(=O)[C@H]1CCCC[N+]1(C)Cc1ccc(NC(O)[C@H](C)NC(=O)C(N)C(C)C)cc1)C(=O)N(C)[C@H](C[C@@H](OC(C)=O)c1nc(C(=O)N[C@@H](Cc2ccccc2)C[C@H](C)C(=O)O)cs1)C(C)C. The third-order valence-corrected chi connectivity index (χ3v) is 14.4. The highest BCUT2D eigenvalue weighted by atomic mass is 32.1. The second-order valence-corrected chi connectivity index (χ2v) is 21.0. The molecule has 17 nitrogen and oxygen atoms in total. The van der Waals surface area contributed by atoms with E-state index in [9.17, 15) is 39.0 Å². The van der Waals surface area contributed by atoms with Gasteiger partial charge >= 0.3 is 11.9 Å². The molecule has 0 aliphatic carbocycles. The molecule has 0 spiro atoms. The average Bonchev–Trinajstić information content (AvgIpc) is 3.81. The third-order valence-electron chi connectivity index (χ3n) is 13.4. The number of likely N-dealkylation sites (tertiary alicyclic amines) is 1. The Morgan fingerprint density at radius 3 is 2.19 bits per heavy atom. The number of nitrogens with zero attached hydrogens (tertiary/aromatic N) is 3. The molecule has 4 rings (SSSR count). The molecule has 0 saturated carbocycles. The van der Waals surface area contributed by atoms with Crippen LogP contribution in [0.15, 0.2) is 60.0 Å². The number of rotatable bonds is 26. The number of quaternary nitrogens is 1. The van der Waals surface area contributed by atoms with Gasteiger partial charge in [-0.2, -0.15) is 0 Å². The molecule has 3 aromatic rings. The fourth-order valence-corrected chi connectivity index (χ4v) is 9.98. The highest BCUT2D eigenvalue weighted by Crippen LogP contribution is 2.32. The summed E-state index contributed by atoms with van der Waals surface area (Å²) in [6, 6.07) is 13.7. The van der Waals surface area contributed by atoms with Crippen molar-refractivity contribution in [2.45, 2.75) is 162 Å². The number of benzene rings is 2. The maximum atomic E-state index is 14.5. The van der Waals surface area contributed by atoms with Crippen molar-refractivity contribution in [3.05, 3.63) is 81.8 Å². The number of carboxylic acid groups (broad SMARTS) is 1. The molecule has 10 atom stereocenters. The smallest absolute Gasteiger partial charge is 0.306 e. The van der Waals surface area contributed by atoms with Crippen LogP contribution in [0.1, 0.15) is 133 Å². The summed E-state index contributed by atoms with van der Waals surface area (Å²) in [6.45, 7) is 15.6. The van der Waals surface area contributed by atoms with E-state index < -0.39 is 72.3 Å². The molecular formula is C52H79N8O9S+. The Hall–Kier alpha value is -5.43. The number of likely N-dealkylation sites (N-methyl/N-ethyl adjacent to an activating group) is 2. The fourth-order valence-electron chi connectivity index (χ4n) is 9.14. The number of esters is 1. The summed E-state index contributed by atoms with van der Waals surface area (Å²) >= 11 is 1.16. The number of anilines is 1. The van der Waals surface area contributed by atoms with Crippen LogP contribution in [0.25, 0.3) is 0 Å². The molecule has 4 amide bonds. The molecule has 1 saturated heterocycles. The Labute approximate surface area is 418 Å². The number of aliphatic carboxylic acids is 1. The number of nitrogens with two attached hydrogens (primary N) is 1. The van der Waals surface area contributed by atoms with E-state index in [-0.39, 0.29) is 48.1 Å². The van der Waals surface area contributed by atoms with Gasteiger partial charge in [0.05, 0.1) is 31.6 Å². The maximum absolute atomic E-state index is 14.5. The summed E-state index contributed by atoms with van der Waals surface area (Å²) in [4.78, 5) is 85.6. The summed E-state index contributed by atoms with van der Waals surface area (Å²) in [5.74, 6) is -3.63. The van der Waals surface area contributed by atoms with Crippen molar-refractivity contribution >= 4 is 52.6 Å². The summed E-state index contributed by atoms with van der Waals surface area (Å²) in [7, 11) is 3.78. The van der Waals surface area contributed by atoms with Crippen LogP contribution in [-0.4, -0.2) is 123 Å². The Balaban J connectivity index is 1.45. The van der Waals surface area contributed by atoms with Crippen LogP contribution < -0.4 is 27.0 Å². The van der Waals surface area contributed by atoms with Gasteiger partial charge in [-0.25, -0.2) is 4.98 Å². The summed E-state index contributed by atoms with van der Waals surface area (Å²) < 4.78 is 6.28. The molecule has 70 heavy (non-hydrogen) atoms. The van der Waals surface area contributed by atoms with Crippen molar-refractivity contribution in [1.29, 1.82) is 0 Å². The molecule has 1 fully saturated rings. The van der Waals surface area contributed by atoms with Crippen LogP contribution in [-0.2, 0) is 41.7 Å². The van der Waals surface area contributed by atoms with Crippen molar-refractivity contribution in [3.63, 3.8) is 0 Å². The Morgan fingerprint density at radius 1 is 0.914 bits per heavy atom. The first-order valence-electron chi connectivity index (χ1n) is 24.7. The number of hydrogen-bond donors (Lipinski definition) is 7. The molecule has 1 aliphatic rings. The first-order chi connectivity index (χ1) is 33.0. The van der Waals surface area contributed by atoms with Gasteiger partial charge in [0.15, 0.2) is 12.1 Å². The van der Waals surface area contributed by atoms with E-state index in [2.05, 4.69) is 33.3 Å². The third kappa shape index (κ3) is 16.6. The van der Waals surface area contributed by atoms with E-state index in [1.54, 1.807) is 31.2 Å². The highest BCUT2D eigenvalue weighted by molar-refractivity contribution is 7.09. The van der Waals surface area contributed by atoms with Crippen LogP contribution in [0.2, 0.25) is 0 Å². The van der Waals surface area contributed by atoms with Gasteiger partial charge in [0.2, 0.25) is 11.8 Å². The lowest BCUT2D eigenvalue weighted by Crippen LogP contribution is -2.62. The monoisotopic (exact) mass is 992 g/mol. The van der Waals surface area contributed by atoms with Gasteiger partial charge in [-0.3, -0.25) is 28.8 Å². The maximum Gasteiger partial charge on any atom is 0.306 e. The van der Waals surface area contributed by atoms with E-state index in [1.165, 1.54) is 6.92 Å². The summed E-state index contributed by atoms with van der Waals surface area (Å²) in [6.07, 6.45) is 2.40. The largest absolute Gasteiger partial charge is 0.481 e. The van der Waals surface area contributed by atoms with E-state index in [0.717, 1.165) is 41.9 Å². The number of carboxylic acids is 1. The van der Waals surface area contributed by atoms with Gasteiger partial charge in [-0.1, -0.05) is 90.4 Å². The number of hydrogen-bond acceptors (Lipinski definition) is 12. The highest BCUT2D eigenvalue weighted by Gasteiger charge is 2.43. The molecule has 0 radical (unpaired) electrons. The average molecular weight is 992 g/mol. The lowest BCUT2D eigenvalue weighted by Gasteiger charge is -2.44. The second-order valence-electron chi connectivity index (χ2n) is 20.1. The van der Waals surface area contributed by atoms with Gasteiger partial charge in [-0.05, 0) is 68.6 Å². The normalized spacial score (nSPS) is 19.4. The quantitative estimate of drug-likeness (QED) is 0.0288. The molecule has 8 N–H and O–H groups in total. The number of ether oxygens (including phenoxy) is 1. The molecule has 2 heterocycles. The van der Waals surface area contributed by atoms with Gasteiger partial charge in [0, 0.05) is 55.5 Å². The van der Waals surface area contributed by atoms with E-state index in [1.807, 2.05) is 89.2 Å². The Morgan fingerprint density at radius 2 is 1.59 bits per heavy atom. The zero-order valence-corrected chi connectivity index (χ0v) is 43.6. The summed E-state index contributed by atoms with van der Waals surface area (Å²) in [5, 5.41) is 34.3. The molecule has 1 aliphatic heterocycles. The minimum atomic E-state index is -1.06. The summed E-state index contributed by atoms with van der Waals surface area (Å²) in [5.41, 5.74) is 8.69. The van der Waals surface area contributed by atoms with Gasteiger partial charge in [0.1, 0.15) is 29.5 Å². The number of thiazole rings is 1. The Kier molecular flexibility index (Phi) is 21.8. The zero-order valence-electron chi connectivity index (χ0n) is 42.8. The fraction of sp³-hybridized carbons (Fsp3) is 0.596. The van der Waals surface area contributed by atoms with Gasteiger partial charge in [0.25, 0.3) is 11.8 Å². The number of carbonyl (C=O) groups is 6. The Bertz CT molecular complexity index is 2190. The van der Waals surface area contributed by atoms with E-state index >= 15 is 0 Å². The van der Waals surface area contributed by atoms with E-state index in [0.29, 0.717) is 47.4 Å². The molecular weight excluding hydrogens is 913 g/mol. The lowest BCUT2D eigenvalue weighted by molar-refractivity contribution is -0.942. The van der Waals surface area contributed by atoms with Crippen LogP contribution in [0.4, 0.5) is 5.69 Å². The first-order valence-corrected chi connectivity index (χ1v) is 25.6.